The van der Waals surface area contributed by atoms with Crippen molar-refractivity contribution < 1.29 is 17.4 Å². The first kappa shape index (κ1) is 31.9. The molecule has 0 spiro atoms. The molecule has 0 amide bonds. The van der Waals surface area contributed by atoms with E-state index in [2.05, 4.69) is 90.4 Å². The van der Waals surface area contributed by atoms with Gasteiger partial charge >= 0.3 is 0 Å². The Morgan fingerprint density at radius 3 is 1.80 bits per heavy atom. The highest BCUT2D eigenvalue weighted by atomic mass is 16.3. The van der Waals surface area contributed by atoms with Gasteiger partial charge in [0, 0.05) is 35.2 Å². The van der Waals surface area contributed by atoms with Gasteiger partial charge in [-0.3, -0.25) is 9.55 Å². The van der Waals surface area contributed by atoms with Crippen LogP contribution < -0.4 is 0 Å². The highest BCUT2D eigenvalue weighted by Gasteiger charge is 2.24. The van der Waals surface area contributed by atoms with Gasteiger partial charge in [-0.1, -0.05) is 154 Å². The summed E-state index contributed by atoms with van der Waals surface area (Å²) in [6.45, 7) is -4.07. The molecule has 0 radical (unpaired) electrons. The number of imidazole rings is 1. The Labute approximate surface area is 394 Å². The van der Waals surface area contributed by atoms with E-state index < -0.39 is 26.0 Å². The minimum Gasteiger partial charge on any atom is -0.507 e. The fourth-order valence-electron chi connectivity index (χ4n) is 8.96. The van der Waals surface area contributed by atoms with Crippen molar-refractivity contribution in [1.82, 2.24) is 14.5 Å². The van der Waals surface area contributed by atoms with Gasteiger partial charge in [0.15, 0.2) is 0 Å². The monoisotopic (exact) mass is 850 g/mol. The first-order chi connectivity index (χ1) is 35.2. The van der Waals surface area contributed by atoms with Gasteiger partial charge in [-0.05, 0) is 148 Å². The van der Waals surface area contributed by atoms with Gasteiger partial charge < -0.3 is 5.11 Å². The van der Waals surface area contributed by atoms with Gasteiger partial charge in [-0.2, -0.15) is 0 Å². The predicted molar refractivity (Wildman–Crippen MR) is 271 cm³/mol. The molecule has 65 heavy (non-hydrogen) atoms. The summed E-state index contributed by atoms with van der Waals surface area (Å²) in [5.74, 6) is 0.718. The van der Waals surface area contributed by atoms with Gasteiger partial charge in [-0.15, -0.1) is 0 Å². The van der Waals surface area contributed by atoms with Crippen LogP contribution in [0.15, 0.2) is 194 Å². The molecular weight excluding hydrogens is 791 g/mol. The Bertz CT molecular complexity index is 3680. The summed E-state index contributed by atoms with van der Waals surface area (Å²) in [5.41, 5.74) is 12.9. The number of fused-ring (bicyclic) bond motifs is 1. The van der Waals surface area contributed by atoms with Crippen molar-refractivity contribution in [3.05, 3.63) is 217 Å². The predicted octanol–water partition coefficient (Wildman–Crippen LogP) is 16.0. The van der Waals surface area contributed by atoms with Crippen molar-refractivity contribution in [2.45, 2.75) is 46.7 Å². The Balaban J connectivity index is 1.19. The van der Waals surface area contributed by atoms with Crippen molar-refractivity contribution in [3.63, 3.8) is 0 Å². The number of hydrogen-bond donors (Lipinski definition) is 1. The summed E-state index contributed by atoms with van der Waals surface area (Å²) in [4.78, 5) is 10.4. The standard InChI is InChI=1S/C61H51N3O/c1-39-31-41(3)59(65)54(32-39)60-63-58-51(23-16-24-56(58)64(60)57-38-52(44-19-12-8-13-20-44)40(2)33-53(57)45-21-14-9-15-22-45)48-34-47(42-17-10-7-11-18-42)35-49(36-48)55-37-46(29-30-62-55)43-25-27-50(28-26-43)61(4,5)6/h7-38,65H,1-6H3/i4D3,5D3,6D3. The molecule has 1 N–H and O–H groups in total. The molecule has 4 nitrogen and oxygen atoms in total. The minimum atomic E-state index is -3.38. The Morgan fingerprint density at radius 2 is 1.11 bits per heavy atom. The quantitative estimate of drug-likeness (QED) is 0.166. The van der Waals surface area contributed by atoms with Crippen LogP contribution >= 0.6 is 0 Å². The molecule has 0 fully saturated rings. The van der Waals surface area contributed by atoms with E-state index in [9.17, 15) is 5.11 Å². The van der Waals surface area contributed by atoms with Crippen LogP contribution in [0.3, 0.4) is 0 Å². The number of benzene rings is 8. The number of rotatable bonds is 8. The summed E-state index contributed by atoms with van der Waals surface area (Å²) >= 11 is 0. The number of pyridine rings is 1. The van der Waals surface area contributed by atoms with E-state index in [-0.39, 0.29) is 11.3 Å². The van der Waals surface area contributed by atoms with Crippen molar-refractivity contribution in [2.24, 2.45) is 0 Å². The minimum absolute atomic E-state index is 0.144. The molecule has 10 rings (SSSR count). The second-order valence-electron chi connectivity index (χ2n) is 16.8. The highest BCUT2D eigenvalue weighted by Crippen LogP contribution is 2.44. The molecule has 0 aliphatic heterocycles. The topological polar surface area (TPSA) is 50.9 Å². The van der Waals surface area contributed by atoms with E-state index in [1.165, 1.54) is 12.1 Å². The number of para-hydroxylation sites is 1. The molecule has 10 aromatic rings. The van der Waals surface area contributed by atoms with Crippen molar-refractivity contribution in [1.29, 1.82) is 0 Å². The van der Waals surface area contributed by atoms with Gasteiger partial charge in [0.1, 0.15) is 11.6 Å². The van der Waals surface area contributed by atoms with Gasteiger partial charge in [-0.25, -0.2) is 4.98 Å². The molecule has 4 heteroatoms. The number of phenolic OH excluding ortho intramolecular Hbond substituents is 1. The summed E-state index contributed by atoms with van der Waals surface area (Å²) in [6, 6.07) is 61.0. The highest BCUT2D eigenvalue weighted by molar-refractivity contribution is 5.99. The molecule has 0 aliphatic rings. The van der Waals surface area contributed by atoms with E-state index >= 15 is 0 Å². The molecular formula is C61H51N3O. The first-order valence-corrected chi connectivity index (χ1v) is 21.6. The zero-order valence-electron chi connectivity index (χ0n) is 45.3. The van der Waals surface area contributed by atoms with Crippen molar-refractivity contribution in [2.75, 3.05) is 0 Å². The molecule has 0 atom stereocenters. The maximum absolute atomic E-state index is 12.0. The Hall–Kier alpha value is -7.82. The molecule has 0 unspecified atom stereocenters. The van der Waals surface area contributed by atoms with Crippen molar-refractivity contribution in [3.8, 4) is 89.7 Å². The van der Waals surface area contributed by atoms with Gasteiger partial charge in [0.05, 0.1) is 28.0 Å². The zero-order valence-corrected chi connectivity index (χ0v) is 36.3. The van der Waals surface area contributed by atoms with Crippen LogP contribution in [-0.2, 0) is 5.41 Å². The number of nitrogens with zero attached hydrogens (tertiary/aromatic N) is 3. The van der Waals surface area contributed by atoms with Crippen LogP contribution in [0, 0.1) is 20.8 Å². The summed E-state index contributed by atoms with van der Waals surface area (Å²) < 4.78 is 76.2. The second-order valence-corrected chi connectivity index (χ2v) is 16.8. The lowest BCUT2D eigenvalue weighted by atomic mass is 9.86. The molecule has 2 heterocycles. The van der Waals surface area contributed by atoms with Crippen LogP contribution in [-0.4, -0.2) is 19.6 Å². The third kappa shape index (κ3) is 7.93. The molecule has 0 saturated heterocycles. The van der Waals surface area contributed by atoms with Crippen LogP contribution in [0.4, 0.5) is 0 Å². The molecule has 2 aromatic heterocycles. The normalized spacial score (nSPS) is 14.2. The fraction of sp³-hybridized carbons (Fsp3) is 0.115. The van der Waals surface area contributed by atoms with E-state index in [1.54, 1.807) is 24.4 Å². The SMILES string of the molecule is [2H]C([2H])([2H])C(c1ccc(-c2ccnc(-c3cc(-c4ccccc4)cc(-c4cccc5c4nc(-c4cc(C)cc(C)c4O)n5-c4cc(-c5ccccc5)c(C)cc4-c4ccccc4)c3)c2)cc1)(C([2H])([2H])[2H])C([2H])([2H])[2H]. The van der Waals surface area contributed by atoms with Gasteiger partial charge in [0.25, 0.3) is 0 Å². The van der Waals surface area contributed by atoms with Gasteiger partial charge in [0.2, 0.25) is 0 Å². The van der Waals surface area contributed by atoms with E-state index in [0.717, 1.165) is 78.0 Å². The Morgan fingerprint density at radius 1 is 0.477 bits per heavy atom. The second kappa shape index (κ2) is 16.7. The molecule has 0 saturated carbocycles. The average molecular weight is 851 g/mol. The maximum Gasteiger partial charge on any atom is 0.149 e. The first-order valence-electron chi connectivity index (χ1n) is 26.1. The van der Waals surface area contributed by atoms with E-state index in [0.29, 0.717) is 33.7 Å². The average Bonchev–Trinajstić information content (AvgIpc) is 3.79. The van der Waals surface area contributed by atoms with Crippen LogP contribution in [0.2, 0.25) is 0 Å². The largest absolute Gasteiger partial charge is 0.507 e. The third-order valence-corrected chi connectivity index (χ3v) is 12.2. The number of aromatic nitrogens is 3. The molecule has 0 aliphatic carbocycles. The van der Waals surface area contributed by atoms with Crippen LogP contribution in [0.5, 0.6) is 5.75 Å². The summed E-state index contributed by atoms with van der Waals surface area (Å²) in [7, 11) is 0. The summed E-state index contributed by atoms with van der Waals surface area (Å²) in [6.07, 6.45) is 1.67. The maximum atomic E-state index is 12.0. The zero-order chi connectivity index (χ0) is 52.3. The number of hydrogen-bond acceptors (Lipinski definition) is 3. The molecule has 8 aromatic carbocycles. The van der Waals surface area contributed by atoms with E-state index in [1.807, 2.05) is 92.7 Å². The lowest BCUT2D eigenvalue weighted by molar-refractivity contribution is 0.472. The smallest absolute Gasteiger partial charge is 0.149 e. The fourth-order valence-corrected chi connectivity index (χ4v) is 8.96. The number of phenols is 1. The lowest BCUT2D eigenvalue weighted by Crippen LogP contribution is -2.10. The molecule has 0 bridgehead atoms. The van der Waals surface area contributed by atoms with Crippen LogP contribution in [0.25, 0.3) is 95.0 Å². The van der Waals surface area contributed by atoms with Crippen molar-refractivity contribution >= 4 is 11.0 Å². The van der Waals surface area contributed by atoms with Crippen LogP contribution in [0.1, 0.15) is 55.1 Å². The summed E-state index contributed by atoms with van der Waals surface area (Å²) in [5, 5.41) is 12.0. The molecule has 316 valence electrons. The van der Waals surface area contributed by atoms with E-state index in [4.69, 9.17) is 22.3 Å². The lowest BCUT2D eigenvalue weighted by Gasteiger charge is -2.19. The number of aryl methyl sites for hydroxylation is 3. The number of aromatic hydroxyl groups is 1. The third-order valence-electron chi connectivity index (χ3n) is 12.2. The Kier molecular flexibility index (Phi) is 8.21.